The Labute approximate surface area is 187 Å². The van der Waals surface area contributed by atoms with Crippen LogP contribution in [0.2, 0.25) is 0 Å². The number of amidine groups is 1. The van der Waals surface area contributed by atoms with E-state index in [1.807, 2.05) is 30.3 Å². The summed E-state index contributed by atoms with van der Waals surface area (Å²) in [5.74, 6) is 1.85. The normalized spacial score (nSPS) is 18.1. The summed E-state index contributed by atoms with van der Waals surface area (Å²) in [5, 5.41) is 6.95. The Hall–Kier alpha value is -3.40. The highest BCUT2D eigenvalue weighted by Gasteiger charge is 2.25. The molecule has 1 saturated heterocycles. The molecule has 2 heterocycles. The molecule has 2 fully saturated rings. The van der Waals surface area contributed by atoms with E-state index in [-0.39, 0.29) is 17.6 Å². The molecule has 1 aliphatic heterocycles. The van der Waals surface area contributed by atoms with Crippen LogP contribution in [-0.4, -0.2) is 48.2 Å². The quantitative estimate of drug-likeness (QED) is 0.400. The number of rotatable bonds is 9. The fourth-order valence-electron chi connectivity index (χ4n) is 3.48. The Kier molecular flexibility index (Phi) is 7.00. The highest BCUT2D eigenvalue weighted by Crippen LogP contribution is 2.29. The average molecular weight is 439 g/mol. The standard InChI is InChI=1S/C22H30N8O2/c1-15(25-18-5-3-2-4-6-18)26-21(24)27-19(23)20-28-22(32-29-20)30-11-9-17(10-12-30)14-31-13-16-7-8-16/h2-6,16-17,25H,1,7-14H2,(H4,23,24,26,27). The molecule has 1 aromatic heterocycles. The molecular weight excluding hydrogens is 408 g/mol. The first kappa shape index (κ1) is 21.8. The van der Waals surface area contributed by atoms with E-state index in [1.54, 1.807) is 0 Å². The number of nitrogens with one attached hydrogen (secondary N) is 1. The molecule has 10 heteroatoms. The largest absolute Gasteiger partial charge is 0.381 e. The van der Waals surface area contributed by atoms with E-state index < -0.39 is 0 Å². The second-order valence-electron chi connectivity index (χ2n) is 8.22. The van der Waals surface area contributed by atoms with Gasteiger partial charge in [-0.25, -0.2) is 0 Å². The maximum absolute atomic E-state index is 5.99. The predicted octanol–water partition coefficient (Wildman–Crippen LogP) is 2.32. The molecule has 2 aromatic rings. The second kappa shape index (κ2) is 10.3. The van der Waals surface area contributed by atoms with Gasteiger partial charge in [-0.05, 0) is 49.7 Å². The van der Waals surface area contributed by atoms with Gasteiger partial charge >= 0.3 is 6.01 Å². The van der Waals surface area contributed by atoms with Gasteiger partial charge in [0.25, 0.3) is 0 Å². The van der Waals surface area contributed by atoms with E-state index in [2.05, 4.69) is 36.9 Å². The number of hydrogen-bond donors (Lipinski definition) is 3. The molecule has 1 saturated carbocycles. The first-order valence-corrected chi connectivity index (χ1v) is 10.9. The van der Waals surface area contributed by atoms with Crippen molar-refractivity contribution in [2.75, 3.05) is 36.5 Å². The van der Waals surface area contributed by atoms with Crippen LogP contribution in [-0.2, 0) is 4.74 Å². The number of para-hydroxylation sites is 1. The first-order valence-electron chi connectivity index (χ1n) is 10.9. The number of ether oxygens (including phenoxy) is 1. The lowest BCUT2D eigenvalue weighted by Gasteiger charge is -2.30. The monoisotopic (exact) mass is 438 g/mol. The number of anilines is 2. The summed E-state index contributed by atoms with van der Waals surface area (Å²) < 4.78 is 11.2. The zero-order valence-electron chi connectivity index (χ0n) is 18.1. The van der Waals surface area contributed by atoms with Crippen LogP contribution in [0, 0.1) is 11.8 Å². The van der Waals surface area contributed by atoms with E-state index in [1.165, 1.54) is 12.8 Å². The Bertz CT molecular complexity index is 959. The van der Waals surface area contributed by atoms with Gasteiger partial charge in [0.05, 0.1) is 0 Å². The van der Waals surface area contributed by atoms with Crippen molar-refractivity contribution in [3.05, 3.63) is 48.6 Å². The van der Waals surface area contributed by atoms with E-state index in [4.69, 9.17) is 20.7 Å². The number of nitrogens with zero attached hydrogens (tertiary/aromatic N) is 5. The molecule has 0 amide bonds. The Morgan fingerprint density at radius 3 is 2.47 bits per heavy atom. The van der Waals surface area contributed by atoms with Gasteiger partial charge in [0, 0.05) is 32.0 Å². The van der Waals surface area contributed by atoms with E-state index >= 15 is 0 Å². The molecule has 5 N–H and O–H groups in total. The fraction of sp³-hybridized carbons (Fsp3) is 0.455. The molecule has 0 bridgehead atoms. The van der Waals surface area contributed by atoms with Gasteiger partial charge in [0.2, 0.25) is 11.8 Å². The van der Waals surface area contributed by atoms with Crippen molar-refractivity contribution in [3.63, 3.8) is 0 Å². The van der Waals surface area contributed by atoms with E-state index in [0.29, 0.717) is 17.8 Å². The number of aliphatic imine (C=N–C) groups is 2. The molecule has 32 heavy (non-hydrogen) atoms. The highest BCUT2D eigenvalue weighted by atomic mass is 16.5. The number of guanidine groups is 1. The molecule has 10 nitrogen and oxygen atoms in total. The molecule has 1 aromatic carbocycles. The van der Waals surface area contributed by atoms with Gasteiger partial charge in [0.15, 0.2) is 5.84 Å². The number of nitrogens with two attached hydrogens (primary N) is 2. The minimum absolute atomic E-state index is 0.0251. The first-order chi connectivity index (χ1) is 15.6. The lowest BCUT2D eigenvalue weighted by atomic mass is 9.98. The van der Waals surface area contributed by atoms with Crippen LogP contribution in [0.15, 0.2) is 57.2 Å². The van der Waals surface area contributed by atoms with Gasteiger partial charge in [-0.2, -0.15) is 15.0 Å². The minimum Gasteiger partial charge on any atom is -0.381 e. The third kappa shape index (κ3) is 6.30. The summed E-state index contributed by atoms with van der Waals surface area (Å²) in [6, 6.07) is 9.93. The zero-order chi connectivity index (χ0) is 22.3. The summed E-state index contributed by atoms with van der Waals surface area (Å²) >= 11 is 0. The smallest absolute Gasteiger partial charge is 0.324 e. The molecule has 1 aliphatic carbocycles. The third-order valence-corrected chi connectivity index (χ3v) is 5.48. The molecule has 4 rings (SSSR count). The molecular formula is C22H30N8O2. The minimum atomic E-state index is -0.0608. The number of aromatic nitrogens is 2. The van der Waals surface area contributed by atoms with E-state index in [9.17, 15) is 0 Å². The van der Waals surface area contributed by atoms with Crippen LogP contribution in [0.3, 0.4) is 0 Å². The maximum atomic E-state index is 5.99. The SMILES string of the molecule is C=C(/N=C(N)\N=C(/N)c1noc(N2CCC(COCC3CC3)CC2)n1)Nc1ccccc1. The number of piperidine rings is 1. The van der Waals surface area contributed by atoms with Crippen molar-refractivity contribution in [1.29, 1.82) is 0 Å². The molecule has 2 aliphatic rings. The summed E-state index contributed by atoms with van der Waals surface area (Å²) in [5.41, 5.74) is 12.7. The van der Waals surface area contributed by atoms with Crippen molar-refractivity contribution < 1.29 is 9.26 Å². The summed E-state index contributed by atoms with van der Waals surface area (Å²) in [7, 11) is 0. The zero-order valence-corrected chi connectivity index (χ0v) is 18.1. The molecule has 170 valence electrons. The van der Waals surface area contributed by atoms with Gasteiger partial charge in [-0.1, -0.05) is 29.9 Å². The Balaban J connectivity index is 1.27. The van der Waals surface area contributed by atoms with Gasteiger partial charge in [0.1, 0.15) is 5.82 Å². The van der Waals surface area contributed by atoms with Crippen molar-refractivity contribution in [2.24, 2.45) is 33.3 Å². The van der Waals surface area contributed by atoms with Gasteiger partial charge in [-0.15, -0.1) is 0 Å². The lowest BCUT2D eigenvalue weighted by Crippen LogP contribution is -2.35. The second-order valence-corrected chi connectivity index (χ2v) is 8.22. The van der Waals surface area contributed by atoms with Crippen LogP contribution in [0.5, 0.6) is 0 Å². The third-order valence-electron chi connectivity index (χ3n) is 5.48. The topological polar surface area (TPSA) is 140 Å². The molecule has 0 spiro atoms. The van der Waals surface area contributed by atoms with Crippen LogP contribution >= 0.6 is 0 Å². The number of benzene rings is 1. The predicted molar refractivity (Wildman–Crippen MR) is 124 cm³/mol. The molecule has 0 unspecified atom stereocenters. The fourth-order valence-corrected chi connectivity index (χ4v) is 3.48. The van der Waals surface area contributed by atoms with Crippen LogP contribution in [0.4, 0.5) is 11.7 Å². The average Bonchev–Trinajstić information content (AvgIpc) is 3.47. The van der Waals surface area contributed by atoms with E-state index in [0.717, 1.165) is 50.8 Å². The van der Waals surface area contributed by atoms with Crippen molar-refractivity contribution >= 4 is 23.5 Å². The summed E-state index contributed by atoms with van der Waals surface area (Å²) in [6.07, 6.45) is 4.70. The number of hydrogen-bond acceptors (Lipinski definition) is 7. The van der Waals surface area contributed by atoms with Crippen molar-refractivity contribution in [1.82, 2.24) is 10.1 Å². The van der Waals surface area contributed by atoms with Crippen LogP contribution < -0.4 is 21.7 Å². The lowest BCUT2D eigenvalue weighted by molar-refractivity contribution is 0.0824. The van der Waals surface area contributed by atoms with Crippen LogP contribution in [0.25, 0.3) is 0 Å². The Morgan fingerprint density at radius 1 is 1.09 bits per heavy atom. The summed E-state index contributed by atoms with van der Waals surface area (Å²) in [4.78, 5) is 14.6. The van der Waals surface area contributed by atoms with Crippen LogP contribution in [0.1, 0.15) is 31.5 Å². The van der Waals surface area contributed by atoms with Gasteiger partial charge in [-0.3, -0.25) is 0 Å². The highest BCUT2D eigenvalue weighted by molar-refractivity contribution is 6.02. The molecule has 0 radical (unpaired) electrons. The molecule has 0 atom stereocenters. The van der Waals surface area contributed by atoms with Crippen molar-refractivity contribution in [2.45, 2.75) is 25.7 Å². The maximum Gasteiger partial charge on any atom is 0.324 e. The van der Waals surface area contributed by atoms with Crippen molar-refractivity contribution in [3.8, 4) is 0 Å². The summed E-state index contributed by atoms with van der Waals surface area (Å²) in [6.45, 7) is 7.24. The Morgan fingerprint density at radius 2 is 1.78 bits per heavy atom. The van der Waals surface area contributed by atoms with Gasteiger partial charge < -0.3 is 30.9 Å².